The number of hydrogen-bond acceptors (Lipinski definition) is 14. The Kier molecular flexibility index (Phi) is 8.53. The van der Waals surface area contributed by atoms with Gasteiger partial charge in [0.1, 0.15) is 48.8 Å². The van der Waals surface area contributed by atoms with Gasteiger partial charge in [-0.2, -0.15) is 0 Å². The summed E-state index contributed by atoms with van der Waals surface area (Å²) in [5.41, 5.74) is 0.120. The van der Waals surface area contributed by atoms with E-state index in [4.69, 9.17) is 23.7 Å². The molecule has 14 nitrogen and oxygen atoms in total. The Labute approximate surface area is 206 Å². The minimum absolute atomic E-state index is 0.00588. The molecule has 14 heteroatoms. The molecule has 36 heavy (non-hydrogen) atoms. The third-order valence-electron chi connectivity index (χ3n) is 7.52. The third-order valence-corrected chi connectivity index (χ3v) is 7.52. The van der Waals surface area contributed by atoms with Crippen molar-refractivity contribution in [3.63, 3.8) is 0 Å². The van der Waals surface area contributed by atoms with E-state index in [9.17, 15) is 45.6 Å². The number of rotatable bonds is 6. The summed E-state index contributed by atoms with van der Waals surface area (Å²) in [4.78, 5) is 13.0. The largest absolute Gasteiger partial charge is 0.472 e. The maximum Gasteiger partial charge on any atom is 0.339 e. The molecular formula is C22H34O14. The van der Waals surface area contributed by atoms with E-state index in [-0.39, 0.29) is 11.5 Å². The first-order chi connectivity index (χ1) is 17.1. The van der Waals surface area contributed by atoms with Gasteiger partial charge in [-0.05, 0) is 18.8 Å². The molecule has 0 unspecified atom stereocenters. The standard InChI is InChI=1S/C22H34O14/c1-7-2-3-8-9(19(31)35-21-17(29)15(27)13(25)10(4-23)33-21)6-32-20(12(7)8)36-22-18(30)16(28)14(26)11(5-24)34-22/h6-8,10-18,20-30H,2-5H2,1H3/t7-,8+,10+,11+,12+,13+,14+,15-,16-,17+,18+,20-,21-,22-/m0/s1. The lowest BCUT2D eigenvalue weighted by Crippen LogP contribution is -2.60. The molecule has 2 saturated heterocycles. The van der Waals surface area contributed by atoms with E-state index in [0.29, 0.717) is 12.8 Å². The van der Waals surface area contributed by atoms with Gasteiger partial charge in [0.2, 0.25) is 12.6 Å². The normalized spacial score (nSPS) is 49.1. The fourth-order valence-electron chi connectivity index (χ4n) is 5.34. The van der Waals surface area contributed by atoms with Crippen molar-refractivity contribution in [2.75, 3.05) is 13.2 Å². The number of aliphatic hydroxyl groups is 8. The number of ether oxygens (including phenoxy) is 5. The molecule has 0 aromatic carbocycles. The van der Waals surface area contributed by atoms with Crippen LogP contribution in [0, 0.1) is 17.8 Å². The second-order valence-corrected chi connectivity index (χ2v) is 9.75. The van der Waals surface area contributed by atoms with Crippen LogP contribution in [0.15, 0.2) is 11.8 Å². The fraction of sp³-hybridized carbons (Fsp3) is 0.864. The first kappa shape index (κ1) is 27.6. The van der Waals surface area contributed by atoms with Gasteiger partial charge in [0.25, 0.3) is 0 Å². The van der Waals surface area contributed by atoms with E-state index in [2.05, 4.69) is 0 Å². The molecule has 0 radical (unpaired) electrons. The van der Waals surface area contributed by atoms with E-state index in [1.54, 1.807) is 0 Å². The van der Waals surface area contributed by atoms with Gasteiger partial charge in [0.15, 0.2) is 6.29 Å². The minimum atomic E-state index is -1.75. The van der Waals surface area contributed by atoms with Gasteiger partial charge < -0.3 is 64.5 Å². The summed E-state index contributed by atoms with van der Waals surface area (Å²) in [5.74, 6) is -1.72. The Morgan fingerprint density at radius 1 is 0.833 bits per heavy atom. The van der Waals surface area contributed by atoms with E-state index in [1.165, 1.54) is 0 Å². The molecule has 3 heterocycles. The van der Waals surface area contributed by atoms with Crippen LogP contribution >= 0.6 is 0 Å². The van der Waals surface area contributed by atoms with Gasteiger partial charge in [0.05, 0.1) is 25.0 Å². The van der Waals surface area contributed by atoms with Gasteiger partial charge in [-0.1, -0.05) is 6.92 Å². The van der Waals surface area contributed by atoms with Crippen LogP contribution in [-0.2, 0) is 28.5 Å². The summed E-state index contributed by atoms with van der Waals surface area (Å²) >= 11 is 0. The molecule has 8 N–H and O–H groups in total. The number of esters is 1. The highest BCUT2D eigenvalue weighted by Gasteiger charge is 2.52. The summed E-state index contributed by atoms with van der Waals surface area (Å²) < 4.78 is 27.4. The van der Waals surface area contributed by atoms with Gasteiger partial charge in [0, 0.05) is 11.8 Å². The van der Waals surface area contributed by atoms with Crippen molar-refractivity contribution in [1.82, 2.24) is 0 Å². The SMILES string of the molecule is C[C@H]1CC[C@@H]2C(C(=O)O[C@@H]3O[C@H](CO)[C@@H](O)[C@H](O)[C@H]3O)=CO[C@@H](O[C@@H]3O[C@H](CO)[C@@H](O)[C@H](O)[C@H]3O)[C@@H]21. The fourth-order valence-corrected chi connectivity index (χ4v) is 5.34. The molecule has 206 valence electrons. The molecule has 1 aliphatic carbocycles. The first-order valence-corrected chi connectivity index (χ1v) is 11.9. The van der Waals surface area contributed by atoms with Gasteiger partial charge >= 0.3 is 5.97 Å². The summed E-state index contributed by atoms with van der Waals surface area (Å²) in [7, 11) is 0. The van der Waals surface area contributed by atoms with Gasteiger partial charge in [-0.15, -0.1) is 0 Å². The first-order valence-electron chi connectivity index (χ1n) is 11.9. The molecule has 1 saturated carbocycles. The lowest BCUT2D eigenvalue weighted by Gasteiger charge is -2.43. The van der Waals surface area contributed by atoms with Crippen molar-refractivity contribution in [2.24, 2.45) is 17.8 Å². The predicted molar refractivity (Wildman–Crippen MR) is 113 cm³/mol. The Balaban J connectivity index is 1.47. The van der Waals surface area contributed by atoms with Crippen molar-refractivity contribution in [2.45, 2.75) is 87.5 Å². The van der Waals surface area contributed by atoms with Crippen molar-refractivity contribution in [1.29, 1.82) is 0 Å². The molecule has 0 aromatic rings. The topological polar surface area (TPSA) is 225 Å². The van der Waals surface area contributed by atoms with Crippen LogP contribution in [0.2, 0.25) is 0 Å². The van der Waals surface area contributed by atoms with Crippen LogP contribution in [0.4, 0.5) is 0 Å². The Hall–Kier alpha value is -1.43. The average molecular weight is 523 g/mol. The highest BCUT2D eigenvalue weighted by molar-refractivity contribution is 5.89. The predicted octanol–water partition coefficient (Wildman–Crippen LogP) is -3.95. The van der Waals surface area contributed by atoms with E-state index >= 15 is 0 Å². The van der Waals surface area contributed by atoms with E-state index in [1.807, 2.05) is 6.92 Å². The molecule has 4 aliphatic rings. The van der Waals surface area contributed by atoms with Crippen LogP contribution in [0.3, 0.4) is 0 Å². The Morgan fingerprint density at radius 3 is 1.97 bits per heavy atom. The summed E-state index contributed by atoms with van der Waals surface area (Å²) in [5, 5.41) is 79.1. The second kappa shape index (κ2) is 11.1. The molecule has 0 bridgehead atoms. The Bertz CT molecular complexity index is 804. The molecule has 0 spiro atoms. The monoisotopic (exact) mass is 522 g/mol. The summed E-state index contributed by atoms with van der Waals surface area (Å²) in [6, 6.07) is 0. The molecule has 0 aromatic heterocycles. The van der Waals surface area contributed by atoms with E-state index in [0.717, 1.165) is 6.26 Å². The zero-order chi connectivity index (χ0) is 26.3. The van der Waals surface area contributed by atoms with Crippen molar-refractivity contribution < 1.29 is 69.3 Å². The number of fused-ring (bicyclic) bond motifs is 1. The Morgan fingerprint density at radius 2 is 1.39 bits per heavy atom. The van der Waals surface area contributed by atoms with E-state index < -0.39 is 98.7 Å². The van der Waals surface area contributed by atoms with Gasteiger partial charge in [-0.25, -0.2) is 4.79 Å². The number of carbonyl (C=O) groups is 1. The molecule has 4 rings (SSSR count). The number of hydrogen-bond donors (Lipinski definition) is 8. The quantitative estimate of drug-likeness (QED) is 0.156. The molecule has 3 aliphatic heterocycles. The van der Waals surface area contributed by atoms with Crippen LogP contribution in [0.25, 0.3) is 0 Å². The van der Waals surface area contributed by atoms with Crippen molar-refractivity contribution >= 4 is 5.97 Å². The molecule has 14 atom stereocenters. The third kappa shape index (κ3) is 5.00. The van der Waals surface area contributed by atoms with Crippen molar-refractivity contribution in [3.05, 3.63) is 11.8 Å². The number of carbonyl (C=O) groups excluding carboxylic acids is 1. The number of aliphatic hydroxyl groups excluding tert-OH is 8. The summed E-state index contributed by atoms with van der Waals surface area (Å²) in [6.07, 6.45) is -13.9. The lowest BCUT2D eigenvalue weighted by atomic mass is 9.83. The summed E-state index contributed by atoms with van der Waals surface area (Å²) in [6.45, 7) is 0.625. The lowest BCUT2D eigenvalue weighted by molar-refractivity contribution is -0.342. The molecular weight excluding hydrogens is 488 g/mol. The maximum atomic E-state index is 13.0. The smallest absolute Gasteiger partial charge is 0.339 e. The average Bonchev–Trinajstić information content (AvgIpc) is 3.26. The van der Waals surface area contributed by atoms with Crippen molar-refractivity contribution in [3.8, 4) is 0 Å². The maximum absolute atomic E-state index is 13.0. The van der Waals surface area contributed by atoms with Crippen LogP contribution < -0.4 is 0 Å². The zero-order valence-corrected chi connectivity index (χ0v) is 19.5. The second-order valence-electron chi connectivity index (χ2n) is 9.75. The zero-order valence-electron chi connectivity index (χ0n) is 19.5. The highest BCUT2D eigenvalue weighted by atomic mass is 16.8. The molecule has 3 fully saturated rings. The van der Waals surface area contributed by atoms with Crippen LogP contribution in [0.5, 0.6) is 0 Å². The van der Waals surface area contributed by atoms with Crippen LogP contribution in [0.1, 0.15) is 19.8 Å². The van der Waals surface area contributed by atoms with Gasteiger partial charge in [-0.3, -0.25) is 0 Å². The highest BCUT2D eigenvalue weighted by Crippen LogP contribution is 2.47. The van der Waals surface area contributed by atoms with Crippen LogP contribution in [-0.4, -0.2) is 128 Å². The molecule has 0 amide bonds. The minimum Gasteiger partial charge on any atom is -0.472 e.